The van der Waals surface area contributed by atoms with Crippen LogP contribution in [0.1, 0.15) is 5.56 Å². The Hall–Kier alpha value is -1.34. The molecule has 0 bridgehead atoms. The van der Waals surface area contributed by atoms with Crippen LogP contribution < -0.4 is 0 Å². The smallest absolute Gasteiger partial charge is 0.243 e. The second-order valence-corrected chi connectivity index (χ2v) is 7.87. The molecule has 0 amide bonds. The summed E-state index contributed by atoms with van der Waals surface area (Å²) >= 11 is 1.39. The molecule has 1 N–H and O–H groups in total. The van der Waals surface area contributed by atoms with Crippen LogP contribution in [-0.4, -0.2) is 31.9 Å². The van der Waals surface area contributed by atoms with Gasteiger partial charge in [-0.2, -0.15) is 0 Å². The van der Waals surface area contributed by atoms with Crippen molar-refractivity contribution in [3.8, 4) is 0 Å². The van der Waals surface area contributed by atoms with Gasteiger partial charge in [-0.05, 0) is 29.8 Å². The molecule has 21 heavy (non-hydrogen) atoms. The Bertz CT molecular complexity index is 710. The van der Waals surface area contributed by atoms with E-state index in [1.165, 1.54) is 30.2 Å². The van der Waals surface area contributed by atoms with Crippen molar-refractivity contribution in [2.75, 3.05) is 14.1 Å². The normalized spacial score (nSPS) is 11.8. The fourth-order valence-electron chi connectivity index (χ4n) is 1.73. The number of benzene rings is 2. The fourth-order valence-corrected chi connectivity index (χ4v) is 3.98. The van der Waals surface area contributed by atoms with Crippen LogP contribution in [0, 0.1) is 0 Å². The minimum atomic E-state index is -3.47. The fraction of sp³-hybridized carbons (Fsp3) is 0.200. The van der Waals surface area contributed by atoms with Gasteiger partial charge in [0, 0.05) is 23.9 Å². The molecule has 0 radical (unpaired) electrons. The Labute approximate surface area is 129 Å². The lowest BCUT2D eigenvalue weighted by molar-refractivity contribution is 0.282. The Morgan fingerprint density at radius 3 is 2.24 bits per heavy atom. The number of hydrogen-bond donors (Lipinski definition) is 1. The van der Waals surface area contributed by atoms with E-state index in [0.29, 0.717) is 9.79 Å². The molecule has 0 aliphatic rings. The summed E-state index contributed by atoms with van der Waals surface area (Å²) in [4.78, 5) is 1.91. The highest BCUT2D eigenvalue weighted by molar-refractivity contribution is 8.00. The number of rotatable bonds is 5. The molecule has 0 aliphatic heterocycles. The summed E-state index contributed by atoms with van der Waals surface area (Å²) in [7, 11) is -0.427. The lowest BCUT2D eigenvalue weighted by atomic mass is 10.2. The summed E-state index contributed by atoms with van der Waals surface area (Å²) in [6.07, 6.45) is 0. The predicted octanol–water partition coefficient (Wildman–Crippen LogP) is 2.58. The van der Waals surface area contributed by atoms with Gasteiger partial charge in [-0.15, -0.1) is 0 Å². The summed E-state index contributed by atoms with van der Waals surface area (Å²) < 4.78 is 25.9. The Morgan fingerprint density at radius 2 is 1.67 bits per heavy atom. The Morgan fingerprint density at radius 1 is 1.05 bits per heavy atom. The first-order valence-electron chi connectivity index (χ1n) is 6.34. The van der Waals surface area contributed by atoms with Crippen LogP contribution in [0.4, 0.5) is 0 Å². The molecule has 0 atom stereocenters. The maximum Gasteiger partial charge on any atom is 0.243 e. The van der Waals surface area contributed by atoms with Crippen molar-refractivity contribution in [3.63, 3.8) is 0 Å². The molecular weight excluding hydrogens is 306 g/mol. The summed E-state index contributed by atoms with van der Waals surface area (Å²) in [5.74, 6) is 0. The van der Waals surface area contributed by atoms with Crippen LogP contribution in [0.5, 0.6) is 0 Å². The predicted molar refractivity (Wildman–Crippen MR) is 83.8 cm³/mol. The van der Waals surface area contributed by atoms with Crippen LogP contribution in [0.3, 0.4) is 0 Å². The van der Waals surface area contributed by atoms with Crippen LogP contribution >= 0.6 is 11.8 Å². The SMILES string of the molecule is CN(C)S(=O)(=O)c1ccccc1Sc1ccc(CO)cc1. The summed E-state index contributed by atoms with van der Waals surface area (Å²) in [5.41, 5.74) is 0.827. The highest BCUT2D eigenvalue weighted by atomic mass is 32.2. The van der Waals surface area contributed by atoms with Crippen molar-refractivity contribution in [1.29, 1.82) is 0 Å². The average molecular weight is 323 g/mol. The molecular formula is C15H17NO3S2. The zero-order valence-electron chi connectivity index (χ0n) is 11.9. The standard InChI is InChI=1S/C15H17NO3S2/c1-16(2)21(18,19)15-6-4-3-5-14(15)20-13-9-7-12(11-17)8-10-13/h3-10,17H,11H2,1-2H3. The topological polar surface area (TPSA) is 57.6 Å². The first-order chi connectivity index (χ1) is 9.95. The van der Waals surface area contributed by atoms with Crippen LogP contribution in [0.15, 0.2) is 63.2 Å². The molecule has 2 aromatic rings. The van der Waals surface area contributed by atoms with E-state index >= 15 is 0 Å². The quantitative estimate of drug-likeness (QED) is 0.919. The number of nitrogens with zero attached hydrogens (tertiary/aromatic N) is 1. The molecule has 0 heterocycles. The molecule has 0 fully saturated rings. The first-order valence-corrected chi connectivity index (χ1v) is 8.60. The van der Waals surface area contributed by atoms with Crippen molar-refractivity contribution >= 4 is 21.8 Å². The van der Waals surface area contributed by atoms with Crippen molar-refractivity contribution in [2.24, 2.45) is 0 Å². The number of sulfonamides is 1. The van der Waals surface area contributed by atoms with Crippen molar-refractivity contribution in [1.82, 2.24) is 4.31 Å². The van der Waals surface area contributed by atoms with Gasteiger partial charge in [0.15, 0.2) is 0 Å². The third kappa shape index (κ3) is 3.65. The molecule has 0 saturated carbocycles. The second kappa shape index (κ2) is 6.62. The zero-order chi connectivity index (χ0) is 15.5. The van der Waals surface area contributed by atoms with E-state index in [-0.39, 0.29) is 6.61 Å². The summed E-state index contributed by atoms with van der Waals surface area (Å²) in [6.45, 7) is -0.00343. The van der Waals surface area contributed by atoms with Gasteiger partial charge in [0.1, 0.15) is 0 Å². The minimum Gasteiger partial charge on any atom is -0.392 e. The van der Waals surface area contributed by atoms with Gasteiger partial charge in [-0.3, -0.25) is 0 Å². The van der Waals surface area contributed by atoms with Crippen molar-refractivity contribution < 1.29 is 13.5 Å². The van der Waals surface area contributed by atoms with Gasteiger partial charge in [0.2, 0.25) is 10.0 Å². The highest BCUT2D eigenvalue weighted by Crippen LogP contribution is 2.33. The van der Waals surface area contributed by atoms with Crippen LogP contribution in [0.25, 0.3) is 0 Å². The largest absolute Gasteiger partial charge is 0.392 e. The van der Waals surface area contributed by atoms with Gasteiger partial charge < -0.3 is 5.11 Å². The molecule has 0 saturated heterocycles. The lowest BCUT2D eigenvalue weighted by Gasteiger charge is -2.14. The van der Waals surface area contributed by atoms with E-state index in [1.54, 1.807) is 18.2 Å². The minimum absolute atomic E-state index is 0.00343. The average Bonchev–Trinajstić information content (AvgIpc) is 2.48. The highest BCUT2D eigenvalue weighted by Gasteiger charge is 2.21. The molecule has 4 nitrogen and oxygen atoms in total. The Kier molecular flexibility index (Phi) is 5.05. The van der Waals surface area contributed by atoms with Crippen molar-refractivity contribution in [3.05, 3.63) is 54.1 Å². The third-order valence-corrected chi connectivity index (χ3v) is 6.03. The summed E-state index contributed by atoms with van der Waals surface area (Å²) in [5, 5.41) is 9.04. The molecule has 2 rings (SSSR count). The third-order valence-electron chi connectivity index (χ3n) is 2.94. The van der Waals surface area contributed by atoms with E-state index < -0.39 is 10.0 Å². The monoisotopic (exact) mass is 323 g/mol. The lowest BCUT2D eigenvalue weighted by Crippen LogP contribution is -2.22. The van der Waals surface area contributed by atoms with Crippen molar-refractivity contribution in [2.45, 2.75) is 21.3 Å². The molecule has 0 aromatic heterocycles. The molecule has 0 aliphatic carbocycles. The van der Waals surface area contributed by atoms with E-state index in [0.717, 1.165) is 10.5 Å². The van der Waals surface area contributed by atoms with Gasteiger partial charge in [-0.25, -0.2) is 12.7 Å². The number of aliphatic hydroxyl groups is 1. The van der Waals surface area contributed by atoms with E-state index in [1.807, 2.05) is 30.3 Å². The van der Waals surface area contributed by atoms with Crippen LogP contribution in [-0.2, 0) is 16.6 Å². The van der Waals surface area contributed by atoms with Gasteiger partial charge in [0.05, 0.1) is 11.5 Å². The maximum absolute atomic E-state index is 12.3. The molecule has 112 valence electrons. The van der Waals surface area contributed by atoms with E-state index in [2.05, 4.69) is 0 Å². The van der Waals surface area contributed by atoms with E-state index in [9.17, 15) is 8.42 Å². The zero-order valence-corrected chi connectivity index (χ0v) is 13.5. The van der Waals surface area contributed by atoms with Gasteiger partial charge in [-0.1, -0.05) is 36.0 Å². The van der Waals surface area contributed by atoms with Gasteiger partial charge in [0.25, 0.3) is 0 Å². The van der Waals surface area contributed by atoms with Gasteiger partial charge >= 0.3 is 0 Å². The first kappa shape index (κ1) is 16.0. The Balaban J connectivity index is 2.36. The molecule has 6 heteroatoms. The second-order valence-electron chi connectivity index (χ2n) is 4.64. The summed E-state index contributed by atoms with van der Waals surface area (Å²) in [6, 6.07) is 14.3. The molecule has 0 unspecified atom stereocenters. The van der Waals surface area contributed by atoms with Crippen LogP contribution in [0.2, 0.25) is 0 Å². The maximum atomic E-state index is 12.3. The molecule has 0 spiro atoms. The number of aliphatic hydroxyl groups excluding tert-OH is 1. The number of hydrogen-bond acceptors (Lipinski definition) is 4. The van der Waals surface area contributed by atoms with E-state index in [4.69, 9.17) is 5.11 Å². The molecule has 2 aromatic carbocycles.